The van der Waals surface area contributed by atoms with Crippen molar-refractivity contribution >= 4 is 17.6 Å². The SMILES string of the molecule is CCCCCOC(=O)C1=C(CCC)NC(C)=C(C#N)C1c1ccc(F)cc1Cl. The number of dihydropyridines is 1. The van der Waals surface area contributed by atoms with Crippen LogP contribution in [0.2, 0.25) is 5.02 Å². The number of nitrogens with one attached hydrogen (secondary N) is 1. The summed E-state index contributed by atoms with van der Waals surface area (Å²) in [5.74, 6) is -1.61. The number of benzene rings is 1. The summed E-state index contributed by atoms with van der Waals surface area (Å²) < 4.78 is 19.1. The van der Waals surface area contributed by atoms with E-state index in [1.54, 1.807) is 6.92 Å². The summed E-state index contributed by atoms with van der Waals surface area (Å²) in [6, 6.07) is 6.22. The third-order valence-electron chi connectivity index (χ3n) is 4.74. The number of carbonyl (C=O) groups excluding carboxylic acids is 1. The van der Waals surface area contributed by atoms with Crippen LogP contribution in [0.15, 0.2) is 40.7 Å². The van der Waals surface area contributed by atoms with Gasteiger partial charge in [0, 0.05) is 16.4 Å². The Morgan fingerprint density at radius 2 is 2.07 bits per heavy atom. The van der Waals surface area contributed by atoms with E-state index < -0.39 is 17.7 Å². The zero-order chi connectivity index (χ0) is 20.7. The molecule has 1 aliphatic rings. The molecule has 28 heavy (non-hydrogen) atoms. The summed E-state index contributed by atoms with van der Waals surface area (Å²) in [6.07, 6.45) is 4.23. The van der Waals surface area contributed by atoms with Gasteiger partial charge in [-0.25, -0.2) is 9.18 Å². The molecule has 0 radical (unpaired) electrons. The lowest BCUT2D eigenvalue weighted by molar-refractivity contribution is -0.139. The van der Waals surface area contributed by atoms with Crippen LogP contribution in [0.25, 0.3) is 0 Å². The van der Waals surface area contributed by atoms with Crippen molar-refractivity contribution in [3.8, 4) is 6.07 Å². The topological polar surface area (TPSA) is 62.1 Å². The number of ether oxygens (including phenoxy) is 1. The summed E-state index contributed by atoms with van der Waals surface area (Å²) in [4.78, 5) is 13.0. The molecule has 6 heteroatoms. The highest BCUT2D eigenvalue weighted by Crippen LogP contribution is 2.42. The summed E-state index contributed by atoms with van der Waals surface area (Å²) in [5, 5.41) is 13.1. The molecule has 1 heterocycles. The van der Waals surface area contributed by atoms with E-state index in [1.807, 2.05) is 6.92 Å². The smallest absolute Gasteiger partial charge is 0.336 e. The van der Waals surface area contributed by atoms with Crippen molar-refractivity contribution in [3.05, 3.63) is 57.1 Å². The van der Waals surface area contributed by atoms with Gasteiger partial charge in [0.1, 0.15) is 5.82 Å². The number of carbonyl (C=O) groups is 1. The molecule has 1 N–H and O–H groups in total. The number of rotatable bonds is 8. The molecule has 1 aromatic carbocycles. The van der Waals surface area contributed by atoms with Gasteiger partial charge in [0.05, 0.1) is 29.7 Å². The predicted molar refractivity (Wildman–Crippen MR) is 108 cm³/mol. The first-order valence-electron chi connectivity index (χ1n) is 9.67. The van der Waals surface area contributed by atoms with Crippen molar-refractivity contribution in [1.82, 2.24) is 5.32 Å². The molecule has 0 amide bonds. The lowest BCUT2D eigenvalue weighted by Gasteiger charge is -2.30. The molecule has 0 spiro atoms. The van der Waals surface area contributed by atoms with Crippen LogP contribution in [0.1, 0.15) is 64.4 Å². The van der Waals surface area contributed by atoms with Crippen LogP contribution >= 0.6 is 11.6 Å². The molecule has 1 aromatic rings. The van der Waals surface area contributed by atoms with Crippen LogP contribution in [-0.2, 0) is 9.53 Å². The first-order valence-corrected chi connectivity index (χ1v) is 10.0. The lowest BCUT2D eigenvalue weighted by atomic mass is 9.80. The number of allylic oxidation sites excluding steroid dienone is 3. The van der Waals surface area contributed by atoms with Crippen molar-refractivity contribution in [3.63, 3.8) is 0 Å². The molecule has 0 saturated carbocycles. The fourth-order valence-electron chi connectivity index (χ4n) is 3.37. The van der Waals surface area contributed by atoms with E-state index in [2.05, 4.69) is 18.3 Å². The van der Waals surface area contributed by atoms with Gasteiger partial charge in [0.25, 0.3) is 0 Å². The minimum Gasteiger partial charge on any atom is -0.462 e. The molecule has 0 fully saturated rings. The van der Waals surface area contributed by atoms with Crippen LogP contribution in [0, 0.1) is 17.1 Å². The molecule has 0 aliphatic carbocycles. The molecule has 1 unspecified atom stereocenters. The van der Waals surface area contributed by atoms with Gasteiger partial charge < -0.3 is 10.1 Å². The Balaban J connectivity index is 2.53. The highest BCUT2D eigenvalue weighted by atomic mass is 35.5. The van der Waals surface area contributed by atoms with Crippen LogP contribution in [-0.4, -0.2) is 12.6 Å². The van der Waals surface area contributed by atoms with Crippen LogP contribution in [0.4, 0.5) is 4.39 Å². The predicted octanol–water partition coefficient (Wildman–Crippen LogP) is 5.75. The molecule has 0 bridgehead atoms. The summed E-state index contributed by atoms with van der Waals surface area (Å²) in [7, 11) is 0. The van der Waals surface area contributed by atoms with Crippen molar-refractivity contribution in [2.75, 3.05) is 6.61 Å². The number of hydrogen-bond acceptors (Lipinski definition) is 4. The van der Waals surface area contributed by atoms with Gasteiger partial charge in [-0.1, -0.05) is 50.8 Å². The van der Waals surface area contributed by atoms with Gasteiger partial charge in [-0.3, -0.25) is 0 Å². The van der Waals surface area contributed by atoms with Crippen molar-refractivity contribution in [2.45, 2.75) is 58.8 Å². The Bertz CT molecular complexity index is 839. The number of unbranched alkanes of at least 4 members (excludes halogenated alkanes) is 2. The van der Waals surface area contributed by atoms with Gasteiger partial charge in [-0.15, -0.1) is 0 Å². The third-order valence-corrected chi connectivity index (χ3v) is 5.07. The summed E-state index contributed by atoms with van der Waals surface area (Å²) in [6.45, 7) is 6.21. The Hall–Kier alpha value is -2.32. The molecule has 1 aliphatic heterocycles. The van der Waals surface area contributed by atoms with Crippen molar-refractivity contribution in [1.29, 1.82) is 5.26 Å². The number of esters is 1. The van der Waals surface area contributed by atoms with E-state index in [-0.39, 0.29) is 5.02 Å². The average molecular weight is 405 g/mol. The first-order chi connectivity index (χ1) is 13.4. The molecular formula is C22H26ClFN2O2. The van der Waals surface area contributed by atoms with Gasteiger partial charge in [-0.2, -0.15) is 5.26 Å². The van der Waals surface area contributed by atoms with E-state index in [1.165, 1.54) is 18.2 Å². The van der Waals surface area contributed by atoms with Crippen LogP contribution in [0.5, 0.6) is 0 Å². The van der Waals surface area contributed by atoms with Crippen LogP contribution in [0.3, 0.4) is 0 Å². The maximum atomic E-state index is 13.6. The Labute approximate surface area is 171 Å². The van der Waals surface area contributed by atoms with Crippen molar-refractivity contribution in [2.24, 2.45) is 0 Å². The first kappa shape index (κ1) is 22.0. The second kappa shape index (κ2) is 10.3. The molecule has 0 saturated heterocycles. The fourth-order valence-corrected chi connectivity index (χ4v) is 3.65. The largest absolute Gasteiger partial charge is 0.462 e. The molecule has 1 atom stereocenters. The van der Waals surface area contributed by atoms with E-state index in [4.69, 9.17) is 16.3 Å². The molecule has 0 aromatic heterocycles. The molecule has 4 nitrogen and oxygen atoms in total. The van der Waals surface area contributed by atoms with E-state index in [0.29, 0.717) is 35.4 Å². The lowest BCUT2D eigenvalue weighted by Crippen LogP contribution is -2.30. The van der Waals surface area contributed by atoms with Gasteiger partial charge in [-0.05, 0) is 37.5 Å². The fraction of sp³-hybridized carbons (Fsp3) is 0.455. The minimum absolute atomic E-state index is 0.180. The Morgan fingerprint density at radius 1 is 1.32 bits per heavy atom. The highest BCUT2D eigenvalue weighted by Gasteiger charge is 2.36. The minimum atomic E-state index is -0.681. The second-order valence-electron chi connectivity index (χ2n) is 6.86. The Morgan fingerprint density at radius 3 is 2.68 bits per heavy atom. The van der Waals surface area contributed by atoms with Gasteiger partial charge in [0.15, 0.2) is 0 Å². The number of nitrogens with zero attached hydrogens (tertiary/aromatic N) is 1. The number of nitriles is 1. The number of halogens is 2. The monoisotopic (exact) mass is 404 g/mol. The van der Waals surface area contributed by atoms with Gasteiger partial charge >= 0.3 is 5.97 Å². The third kappa shape index (κ3) is 4.94. The quantitative estimate of drug-likeness (QED) is 0.442. The van der Waals surface area contributed by atoms with E-state index >= 15 is 0 Å². The summed E-state index contributed by atoms with van der Waals surface area (Å²) in [5.41, 5.74) is 2.68. The highest BCUT2D eigenvalue weighted by molar-refractivity contribution is 6.31. The normalized spacial score (nSPS) is 16.6. The maximum absolute atomic E-state index is 13.6. The zero-order valence-electron chi connectivity index (χ0n) is 16.6. The maximum Gasteiger partial charge on any atom is 0.336 e. The average Bonchev–Trinajstić information content (AvgIpc) is 2.65. The van der Waals surface area contributed by atoms with E-state index in [9.17, 15) is 14.4 Å². The zero-order valence-corrected chi connectivity index (χ0v) is 17.3. The van der Waals surface area contributed by atoms with Crippen LogP contribution < -0.4 is 5.32 Å². The number of hydrogen-bond donors (Lipinski definition) is 1. The molecule has 2 rings (SSSR count). The van der Waals surface area contributed by atoms with E-state index in [0.717, 1.165) is 31.4 Å². The summed E-state index contributed by atoms with van der Waals surface area (Å²) >= 11 is 6.31. The molecular weight excluding hydrogens is 379 g/mol. The Kier molecular flexibility index (Phi) is 8.07. The van der Waals surface area contributed by atoms with Crippen molar-refractivity contribution < 1.29 is 13.9 Å². The molecule has 150 valence electrons. The standard InChI is InChI=1S/C22H26ClFN2O2/c1-4-6-7-11-28-22(27)21-19(8-5-2)26-14(3)17(13-25)20(21)16-10-9-15(24)12-18(16)23/h9-10,12,20,26H,4-8,11H2,1-3H3. The van der Waals surface area contributed by atoms with Gasteiger partial charge in [0.2, 0.25) is 0 Å². The second-order valence-corrected chi connectivity index (χ2v) is 7.27.